The van der Waals surface area contributed by atoms with Crippen molar-refractivity contribution in [3.63, 3.8) is 0 Å². The Labute approximate surface area is 72.7 Å². The van der Waals surface area contributed by atoms with Crippen LogP contribution in [0.25, 0.3) is 0 Å². The van der Waals surface area contributed by atoms with E-state index in [1.165, 1.54) is 0 Å². The average Bonchev–Trinajstić information content (AvgIpc) is 2.09. The van der Waals surface area contributed by atoms with Crippen LogP contribution in [0.3, 0.4) is 0 Å². The molecule has 4 nitrogen and oxygen atoms in total. The van der Waals surface area contributed by atoms with Crippen molar-refractivity contribution in [1.29, 1.82) is 0 Å². The fourth-order valence-electron chi connectivity index (χ4n) is 1.22. The molecular formula is C8H16N2O2. The second kappa shape index (κ2) is 5.00. The molecule has 0 aromatic rings. The standard InChI is InChI=1S/C8H16N2O2/c11-7-5-9-1-2-10(4-3-9)6-8-12/h1-2,11-12H,3-8H2. The van der Waals surface area contributed by atoms with Gasteiger partial charge >= 0.3 is 0 Å². The highest BCUT2D eigenvalue weighted by Gasteiger charge is 2.07. The monoisotopic (exact) mass is 172 g/mol. The van der Waals surface area contributed by atoms with Gasteiger partial charge in [-0.1, -0.05) is 0 Å². The molecule has 0 aliphatic carbocycles. The van der Waals surface area contributed by atoms with Gasteiger partial charge in [0.25, 0.3) is 0 Å². The molecule has 2 N–H and O–H groups in total. The number of β-amino-alcohol motifs (C(OH)–C–C–N with tert-alkyl or cyclic N) is 2. The number of aliphatic hydroxyl groups excluding tert-OH is 2. The van der Waals surface area contributed by atoms with E-state index in [1.807, 2.05) is 12.4 Å². The number of hydrogen-bond donors (Lipinski definition) is 2. The van der Waals surface area contributed by atoms with Gasteiger partial charge in [-0.3, -0.25) is 0 Å². The van der Waals surface area contributed by atoms with E-state index in [9.17, 15) is 0 Å². The molecular weight excluding hydrogens is 156 g/mol. The summed E-state index contributed by atoms with van der Waals surface area (Å²) in [7, 11) is 0. The van der Waals surface area contributed by atoms with Crippen LogP contribution in [0, 0.1) is 0 Å². The molecule has 0 aromatic carbocycles. The Morgan fingerprint density at radius 1 is 0.917 bits per heavy atom. The second-order valence-electron chi connectivity index (χ2n) is 2.82. The first-order valence-electron chi connectivity index (χ1n) is 4.25. The minimum absolute atomic E-state index is 0.199. The maximum Gasteiger partial charge on any atom is 0.0606 e. The van der Waals surface area contributed by atoms with Crippen LogP contribution >= 0.6 is 0 Å². The highest BCUT2D eigenvalue weighted by Crippen LogP contribution is 2.01. The predicted molar refractivity (Wildman–Crippen MR) is 46.5 cm³/mol. The first kappa shape index (κ1) is 9.35. The lowest BCUT2D eigenvalue weighted by Gasteiger charge is -2.30. The van der Waals surface area contributed by atoms with Crippen molar-refractivity contribution in [2.24, 2.45) is 0 Å². The van der Waals surface area contributed by atoms with E-state index in [0.29, 0.717) is 13.1 Å². The molecule has 1 rings (SSSR count). The van der Waals surface area contributed by atoms with Crippen LogP contribution in [0.1, 0.15) is 0 Å². The third-order valence-electron chi connectivity index (χ3n) is 1.94. The molecule has 0 fully saturated rings. The molecule has 4 heteroatoms. The lowest BCUT2D eigenvalue weighted by molar-refractivity contribution is 0.185. The molecule has 0 saturated heterocycles. The summed E-state index contributed by atoms with van der Waals surface area (Å²) in [5.74, 6) is 0. The van der Waals surface area contributed by atoms with E-state index in [4.69, 9.17) is 10.2 Å². The van der Waals surface area contributed by atoms with Crippen molar-refractivity contribution in [3.8, 4) is 0 Å². The molecule has 0 aromatic heterocycles. The quantitative estimate of drug-likeness (QED) is 0.574. The Hall–Kier alpha value is -0.740. The molecule has 0 amide bonds. The van der Waals surface area contributed by atoms with Crippen molar-refractivity contribution >= 4 is 0 Å². The normalized spacial score (nSPS) is 17.2. The largest absolute Gasteiger partial charge is 0.395 e. The lowest BCUT2D eigenvalue weighted by Crippen LogP contribution is -2.37. The summed E-state index contributed by atoms with van der Waals surface area (Å²) >= 11 is 0. The maximum atomic E-state index is 8.66. The van der Waals surface area contributed by atoms with Crippen LogP contribution in [-0.4, -0.2) is 59.4 Å². The molecule has 1 heterocycles. The molecule has 0 spiro atoms. The topological polar surface area (TPSA) is 46.9 Å². The molecule has 70 valence electrons. The summed E-state index contributed by atoms with van der Waals surface area (Å²) in [5, 5.41) is 17.3. The Morgan fingerprint density at radius 2 is 1.33 bits per heavy atom. The van der Waals surface area contributed by atoms with Gasteiger partial charge < -0.3 is 20.0 Å². The van der Waals surface area contributed by atoms with Crippen LogP contribution in [0.5, 0.6) is 0 Å². The number of aliphatic hydroxyl groups is 2. The molecule has 12 heavy (non-hydrogen) atoms. The van der Waals surface area contributed by atoms with Crippen molar-refractivity contribution < 1.29 is 10.2 Å². The summed E-state index contributed by atoms with van der Waals surface area (Å²) < 4.78 is 0. The maximum absolute atomic E-state index is 8.66. The predicted octanol–water partition coefficient (Wildman–Crippen LogP) is -0.940. The Morgan fingerprint density at radius 3 is 1.58 bits per heavy atom. The van der Waals surface area contributed by atoms with Crippen LogP contribution in [0.2, 0.25) is 0 Å². The Balaban J connectivity index is 2.26. The van der Waals surface area contributed by atoms with E-state index >= 15 is 0 Å². The van der Waals surface area contributed by atoms with Gasteiger partial charge in [-0.2, -0.15) is 0 Å². The molecule has 1 aliphatic heterocycles. The van der Waals surface area contributed by atoms with Crippen LogP contribution in [0.15, 0.2) is 12.4 Å². The van der Waals surface area contributed by atoms with Gasteiger partial charge in [0, 0.05) is 38.6 Å². The highest BCUT2D eigenvalue weighted by atomic mass is 16.3. The Kier molecular flexibility index (Phi) is 3.90. The van der Waals surface area contributed by atoms with Gasteiger partial charge in [-0.25, -0.2) is 0 Å². The lowest BCUT2D eigenvalue weighted by atomic mass is 10.4. The fraction of sp³-hybridized carbons (Fsp3) is 0.750. The van der Waals surface area contributed by atoms with Gasteiger partial charge in [0.1, 0.15) is 0 Å². The molecule has 0 atom stereocenters. The van der Waals surface area contributed by atoms with E-state index in [2.05, 4.69) is 9.80 Å². The smallest absolute Gasteiger partial charge is 0.0606 e. The number of nitrogens with zero attached hydrogens (tertiary/aromatic N) is 2. The summed E-state index contributed by atoms with van der Waals surface area (Å²) in [6.07, 6.45) is 3.91. The molecule has 0 unspecified atom stereocenters. The zero-order chi connectivity index (χ0) is 8.81. The van der Waals surface area contributed by atoms with E-state index in [1.54, 1.807) is 0 Å². The SMILES string of the molecule is OCCN1C=CN(CCO)CC1. The summed E-state index contributed by atoms with van der Waals surface area (Å²) in [6, 6.07) is 0. The van der Waals surface area contributed by atoms with Crippen LogP contribution < -0.4 is 0 Å². The van der Waals surface area contributed by atoms with Gasteiger partial charge in [0.2, 0.25) is 0 Å². The van der Waals surface area contributed by atoms with E-state index < -0.39 is 0 Å². The third-order valence-corrected chi connectivity index (χ3v) is 1.94. The van der Waals surface area contributed by atoms with Crippen LogP contribution in [0.4, 0.5) is 0 Å². The first-order valence-corrected chi connectivity index (χ1v) is 4.25. The fourth-order valence-corrected chi connectivity index (χ4v) is 1.22. The van der Waals surface area contributed by atoms with Gasteiger partial charge in [-0.05, 0) is 0 Å². The Bertz CT molecular complexity index is 134. The minimum atomic E-state index is 0.199. The van der Waals surface area contributed by atoms with Gasteiger partial charge in [-0.15, -0.1) is 0 Å². The van der Waals surface area contributed by atoms with Crippen molar-refractivity contribution in [2.75, 3.05) is 39.4 Å². The molecule has 0 radical (unpaired) electrons. The number of hydrogen-bond acceptors (Lipinski definition) is 4. The van der Waals surface area contributed by atoms with Crippen molar-refractivity contribution in [3.05, 3.63) is 12.4 Å². The molecule has 0 saturated carbocycles. The van der Waals surface area contributed by atoms with Crippen LogP contribution in [-0.2, 0) is 0 Å². The van der Waals surface area contributed by atoms with Gasteiger partial charge in [0.05, 0.1) is 13.2 Å². The third kappa shape index (κ3) is 2.71. The van der Waals surface area contributed by atoms with E-state index in [-0.39, 0.29) is 13.2 Å². The summed E-state index contributed by atoms with van der Waals surface area (Å²) in [4.78, 5) is 4.13. The van der Waals surface area contributed by atoms with Gasteiger partial charge in [0.15, 0.2) is 0 Å². The highest BCUT2D eigenvalue weighted by molar-refractivity contribution is 4.88. The first-order chi connectivity index (χ1) is 5.86. The minimum Gasteiger partial charge on any atom is -0.395 e. The van der Waals surface area contributed by atoms with Crippen molar-refractivity contribution in [2.45, 2.75) is 0 Å². The van der Waals surface area contributed by atoms with Crippen molar-refractivity contribution in [1.82, 2.24) is 9.80 Å². The molecule has 1 aliphatic rings. The zero-order valence-electron chi connectivity index (χ0n) is 7.19. The summed E-state index contributed by atoms with van der Waals surface area (Å²) in [5.41, 5.74) is 0. The second-order valence-corrected chi connectivity index (χ2v) is 2.82. The average molecular weight is 172 g/mol. The summed E-state index contributed by atoms with van der Waals surface area (Å²) in [6.45, 7) is 3.65. The molecule has 0 bridgehead atoms. The van der Waals surface area contributed by atoms with E-state index in [0.717, 1.165) is 13.1 Å². The zero-order valence-corrected chi connectivity index (χ0v) is 7.19. The number of rotatable bonds is 4.